The molecule has 1 saturated heterocycles. The lowest BCUT2D eigenvalue weighted by Gasteiger charge is -2.37. The number of likely N-dealkylation sites (tertiary alicyclic amines) is 1. The number of halogens is 1. The Bertz CT molecular complexity index is 167. The summed E-state index contributed by atoms with van der Waals surface area (Å²) in [6.07, 6.45) is 3.83. The van der Waals surface area contributed by atoms with Gasteiger partial charge in [0.25, 0.3) is 0 Å². The lowest BCUT2D eigenvalue weighted by atomic mass is 9.93. The van der Waals surface area contributed by atoms with Crippen molar-refractivity contribution in [2.45, 2.75) is 44.0 Å². The maximum Gasteiger partial charge on any atom is 0.0477 e. The first-order chi connectivity index (χ1) is 7.15. The van der Waals surface area contributed by atoms with Crippen LogP contribution < -0.4 is 0 Å². The molecular formula is C12H24BrNO. The summed E-state index contributed by atoms with van der Waals surface area (Å²) in [5.41, 5.74) is 0. The summed E-state index contributed by atoms with van der Waals surface area (Å²) in [5, 5.41) is 0. The zero-order valence-corrected chi connectivity index (χ0v) is 11.8. The molecule has 90 valence electrons. The lowest BCUT2D eigenvalue weighted by molar-refractivity contribution is 0.107. The molecule has 0 amide bonds. The van der Waals surface area contributed by atoms with Crippen LogP contribution in [0.5, 0.6) is 0 Å². The number of hydrogen-bond donors (Lipinski definition) is 0. The molecule has 2 atom stereocenters. The first-order valence-electron chi connectivity index (χ1n) is 6.02. The van der Waals surface area contributed by atoms with Crippen molar-refractivity contribution in [3.8, 4) is 0 Å². The number of rotatable bonds is 5. The van der Waals surface area contributed by atoms with Crippen molar-refractivity contribution < 1.29 is 4.74 Å². The standard InChI is InChI=1S/C12H24BrNO/c1-10(6-9-15-3)14-7-4-12(5-8-14)11(2)13/h10-12H,4-9H2,1-3H3. The zero-order chi connectivity index (χ0) is 11.3. The minimum Gasteiger partial charge on any atom is -0.385 e. The van der Waals surface area contributed by atoms with Gasteiger partial charge in [0, 0.05) is 24.6 Å². The molecule has 0 aromatic rings. The summed E-state index contributed by atoms with van der Waals surface area (Å²) < 4.78 is 5.13. The predicted octanol–water partition coefficient (Wildman–Crippen LogP) is 2.91. The van der Waals surface area contributed by atoms with Gasteiger partial charge in [-0.05, 0) is 45.2 Å². The van der Waals surface area contributed by atoms with Gasteiger partial charge in [0.2, 0.25) is 0 Å². The van der Waals surface area contributed by atoms with E-state index in [1.807, 2.05) is 0 Å². The van der Waals surface area contributed by atoms with E-state index < -0.39 is 0 Å². The van der Waals surface area contributed by atoms with Crippen LogP contribution >= 0.6 is 15.9 Å². The molecule has 1 aliphatic heterocycles. The van der Waals surface area contributed by atoms with Crippen molar-refractivity contribution in [3.63, 3.8) is 0 Å². The third-order valence-electron chi connectivity index (χ3n) is 3.59. The number of methoxy groups -OCH3 is 1. The van der Waals surface area contributed by atoms with Crippen LogP contribution in [0.3, 0.4) is 0 Å². The second-order valence-corrected chi connectivity index (χ2v) is 6.13. The molecule has 0 aromatic carbocycles. The maximum atomic E-state index is 5.13. The molecule has 0 aliphatic carbocycles. The average molecular weight is 278 g/mol. The Morgan fingerprint density at radius 2 is 1.93 bits per heavy atom. The highest BCUT2D eigenvalue weighted by atomic mass is 79.9. The molecule has 1 heterocycles. The number of hydrogen-bond acceptors (Lipinski definition) is 2. The first kappa shape index (κ1) is 13.5. The second kappa shape index (κ2) is 6.87. The fourth-order valence-corrected chi connectivity index (χ4v) is 2.82. The zero-order valence-electron chi connectivity index (χ0n) is 10.2. The molecule has 1 rings (SSSR count). The topological polar surface area (TPSA) is 12.5 Å². The number of alkyl halides is 1. The third-order valence-corrected chi connectivity index (χ3v) is 4.33. The summed E-state index contributed by atoms with van der Waals surface area (Å²) >= 11 is 3.70. The van der Waals surface area contributed by atoms with Gasteiger partial charge in [0.15, 0.2) is 0 Å². The van der Waals surface area contributed by atoms with Gasteiger partial charge in [-0.3, -0.25) is 0 Å². The molecule has 0 bridgehead atoms. The Morgan fingerprint density at radius 3 is 2.40 bits per heavy atom. The highest BCUT2D eigenvalue weighted by Crippen LogP contribution is 2.26. The van der Waals surface area contributed by atoms with E-state index in [0.29, 0.717) is 10.9 Å². The van der Waals surface area contributed by atoms with E-state index in [-0.39, 0.29) is 0 Å². The van der Waals surface area contributed by atoms with Crippen LogP contribution in [0.25, 0.3) is 0 Å². The van der Waals surface area contributed by atoms with Gasteiger partial charge in [0.05, 0.1) is 0 Å². The summed E-state index contributed by atoms with van der Waals surface area (Å²) in [5.74, 6) is 0.871. The third kappa shape index (κ3) is 4.41. The Kier molecular flexibility index (Phi) is 6.17. The van der Waals surface area contributed by atoms with E-state index in [0.717, 1.165) is 18.9 Å². The molecule has 2 nitrogen and oxygen atoms in total. The van der Waals surface area contributed by atoms with E-state index in [4.69, 9.17) is 4.74 Å². The highest BCUT2D eigenvalue weighted by molar-refractivity contribution is 9.09. The molecule has 3 heteroatoms. The van der Waals surface area contributed by atoms with Gasteiger partial charge >= 0.3 is 0 Å². The highest BCUT2D eigenvalue weighted by Gasteiger charge is 2.24. The van der Waals surface area contributed by atoms with Crippen LogP contribution in [0.1, 0.15) is 33.1 Å². The quantitative estimate of drug-likeness (QED) is 0.717. The minimum absolute atomic E-state index is 0.675. The summed E-state index contributed by atoms with van der Waals surface area (Å²) in [6.45, 7) is 7.98. The van der Waals surface area contributed by atoms with Crippen LogP contribution in [0.15, 0.2) is 0 Å². The summed E-state index contributed by atoms with van der Waals surface area (Å²) in [4.78, 5) is 3.28. The van der Waals surface area contributed by atoms with Crippen molar-refractivity contribution in [2.75, 3.05) is 26.8 Å². The van der Waals surface area contributed by atoms with Crippen LogP contribution in [0, 0.1) is 5.92 Å². The lowest BCUT2D eigenvalue weighted by Crippen LogP contribution is -2.41. The average Bonchev–Trinajstić information content (AvgIpc) is 2.26. The predicted molar refractivity (Wildman–Crippen MR) is 68.6 cm³/mol. The van der Waals surface area contributed by atoms with Crippen LogP contribution in [-0.2, 0) is 4.74 Å². The molecule has 1 aliphatic rings. The van der Waals surface area contributed by atoms with Crippen molar-refractivity contribution in [1.82, 2.24) is 4.90 Å². The molecule has 0 N–H and O–H groups in total. The second-order valence-electron chi connectivity index (χ2n) is 4.68. The normalized spacial score (nSPS) is 24.0. The number of ether oxygens (including phenoxy) is 1. The molecule has 15 heavy (non-hydrogen) atoms. The molecular weight excluding hydrogens is 254 g/mol. The summed E-state index contributed by atoms with van der Waals surface area (Å²) in [6, 6.07) is 0.677. The smallest absolute Gasteiger partial charge is 0.0477 e. The number of piperidine rings is 1. The van der Waals surface area contributed by atoms with Crippen LogP contribution in [0.4, 0.5) is 0 Å². The van der Waals surface area contributed by atoms with Crippen LogP contribution in [0.2, 0.25) is 0 Å². The largest absolute Gasteiger partial charge is 0.385 e. The molecule has 0 radical (unpaired) electrons. The first-order valence-corrected chi connectivity index (χ1v) is 6.93. The van der Waals surface area contributed by atoms with Crippen molar-refractivity contribution in [3.05, 3.63) is 0 Å². The summed E-state index contributed by atoms with van der Waals surface area (Å²) in [7, 11) is 1.78. The van der Waals surface area contributed by atoms with Crippen molar-refractivity contribution >= 4 is 15.9 Å². The molecule has 2 unspecified atom stereocenters. The Balaban J connectivity index is 2.24. The van der Waals surface area contributed by atoms with E-state index in [2.05, 4.69) is 34.7 Å². The Morgan fingerprint density at radius 1 is 1.33 bits per heavy atom. The SMILES string of the molecule is COCCC(C)N1CCC(C(C)Br)CC1. The van der Waals surface area contributed by atoms with E-state index in [9.17, 15) is 0 Å². The van der Waals surface area contributed by atoms with Gasteiger partial charge in [-0.25, -0.2) is 0 Å². The van der Waals surface area contributed by atoms with Gasteiger partial charge < -0.3 is 9.64 Å². The fourth-order valence-electron chi connectivity index (χ4n) is 2.29. The fraction of sp³-hybridized carbons (Fsp3) is 1.00. The van der Waals surface area contributed by atoms with Gasteiger partial charge in [0.1, 0.15) is 0 Å². The Hall–Kier alpha value is 0.400. The molecule has 0 aromatic heterocycles. The maximum absolute atomic E-state index is 5.13. The Labute approximate surface area is 102 Å². The monoisotopic (exact) mass is 277 g/mol. The van der Waals surface area contributed by atoms with Gasteiger partial charge in [-0.1, -0.05) is 22.9 Å². The van der Waals surface area contributed by atoms with E-state index in [1.165, 1.54) is 25.9 Å². The number of nitrogens with zero attached hydrogens (tertiary/aromatic N) is 1. The molecule has 0 spiro atoms. The van der Waals surface area contributed by atoms with Crippen LogP contribution in [-0.4, -0.2) is 42.6 Å². The van der Waals surface area contributed by atoms with E-state index in [1.54, 1.807) is 7.11 Å². The molecule has 1 fully saturated rings. The van der Waals surface area contributed by atoms with Gasteiger partial charge in [-0.2, -0.15) is 0 Å². The van der Waals surface area contributed by atoms with E-state index >= 15 is 0 Å². The molecule has 0 saturated carbocycles. The van der Waals surface area contributed by atoms with Gasteiger partial charge in [-0.15, -0.1) is 0 Å². The minimum atomic E-state index is 0.675. The van der Waals surface area contributed by atoms with Crippen molar-refractivity contribution in [1.29, 1.82) is 0 Å². The van der Waals surface area contributed by atoms with Crippen molar-refractivity contribution in [2.24, 2.45) is 5.92 Å².